The van der Waals surface area contributed by atoms with Crippen LogP contribution < -0.4 is 11.1 Å². The number of aromatic nitrogens is 2. The van der Waals surface area contributed by atoms with Crippen LogP contribution in [-0.2, 0) is 7.05 Å². The number of aliphatic hydroxyl groups excluding tert-OH is 1. The van der Waals surface area contributed by atoms with Gasteiger partial charge in [-0.05, 0) is 6.92 Å². The van der Waals surface area contributed by atoms with Crippen molar-refractivity contribution in [2.45, 2.75) is 6.92 Å². The van der Waals surface area contributed by atoms with Gasteiger partial charge in [-0.2, -0.15) is 0 Å². The van der Waals surface area contributed by atoms with Crippen LogP contribution in [-0.4, -0.2) is 33.7 Å². The van der Waals surface area contributed by atoms with E-state index in [4.69, 9.17) is 10.8 Å². The minimum absolute atomic E-state index is 0.0948. The first-order valence-corrected chi connectivity index (χ1v) is 4.25. The molecule has 0 aliphatic heterocycles. The second-order valence-corrected chi connectivity index (χ2v) is 2.93. The number of nitrogens with one attached hydrogen (secondary N) is 1. The first kappa shape index (κ1) is 10.5. The number of aryl methyl sites for hydroxylation is 1. The van der Waals surface area contributed by atoms with Gasteiger partial charge < -0.3 is 20.7 Å². The van der Waals surface area contributed by atoms with Crippen molar-refractivity contribution < 1.29 is 9.90 Å². The first-order chi connectivity index (χ1) is 6.57. The average Bonchev–Trinajstić information content (AvgIpc) is 2.38. The van der Waals surface area contributed by atoms with E-state index in [9.17, 15) is 4.79 Å². The third-order valence-electron chi connectivity index (χ3n) is 1.96. The molecule has 0 radical (unpaired) electrons. The average molecular weight is 198 g/mol. The predicted octanol–water partition coefficient (Wildman–Crippen LogP) is -0.967. The number of nitrogens with zero attached hydrogens (tertiary/aromatic N) is 2. The number of anilines is 1. The van der Waals surface area contributed by atoms with Crippen molar-refractivity contribution in [2.75, 3.05) is 18.9 Å². The fourth-order valence-corrected chi connectivity index (χ4v) is 1.16. The number of nitrogen functional groups attached to an aromatic ring is 1. The van der Waals surface area contributed by atoms with Crippen molar-refractivity contribution in [3.05, 3.63) is 11.5 Å². The van der Waals surface area contributed by atoms with Crippen molar-refractivity contribution in [3.63, 3.8) is 0 Å². The molecule has 0 saturated heterocycles. The van der Waals surface area contributed by atoms with Gasteiger partial charge in [-0.1, -0.05) is 0 Å². The molecule has 0 atom stereocenters. The zero-order valence-electron chi connectivity index (χ0n) is 8.24. The van der Waals surface area contributed by atoms with E-state index in [2.05, 4.69) is 10.3 Å². The Morgan fingerprint density at radius 2 is 2.36 bits per heavy atom. The maximum Gasteiger partial charge on any atom is 0.271 e. The molecule has 6 nitrogen and oxygen atoms in total. The van der Waals surface area contributed by atoms with Crippen molar-refractivity contribution in [1.82, 2.24) is 14.9 Å². The number of amides is 1. The third-order valence-corrected chi connectivity index (χ3v) is 1.96. The molecule has 1 aromatic rings. The fourth-order valence-electron chi connectivity index (χ4n) is 1.16. The van der Waals surface area contributed by atoms with Gasteiger partial charge in [0.2, 0.25) is 0 Å². The molecule has 0 aliphatic carbocycles. The molecular formula is C8H14N4O2. The van der Waals surface area contributed by atoms with Crippen molar-refractivity contribution >= 4 is 11.7 Å². The summed E-state index contributed by atoms with van der Waals surface area (Å²) in [6.07, 6.45) is 0. The van der Waals surface area contributed by atoms with Gasteiger partial charge in [0.1, 0.15) is 5.82 Å². The first-order valence-electron chi connectivity index (χ1n) is 4.25. The molecule has 0 aliphatic rings. The van der Waals surface area contributed by atoms with Crippen LogP contribution in [0.1, 0.15) is 16.3 Å². The van der Waals surface area contributed by atoms with E-state index < -0.39 is 0 Å². The van der Waals surface area contributed by atoms with E-state index in [1.165, 1.54) is 0 Å². The lowest BCUT2D eigenvalue weighted by atomic mass is 10.4. The molecular weight excluding hydrogens is 184 g/mol. The normalized spacial score (nSPS) is 10.2. The molecule has 4 N–H and O–H groups in total. The molecule has 1 heterocycles. The summed E-state index contributed by atoms with van der Waals surface area (Å²) in [6, 6.07) is 0. The smallest absolute Gasteiger partial charge is 0.271 e. The highest BCUT2D eigenvalue weighted by molar-refractivity contribution is 5.96. The maximum absolute atomic E-state index is 11.5. The standard InChI is InChI=1S/C8H14N4O2/c1-5-11-7(9)6(12(5)2)8(14)10-3-4-13/h13H,3-4,9H2,1-2H3,(H,10,14). The second-order valence-electron chi connectivity index (χ2n) is 2.93. The number of rotatable bonds is 3. The second kappa shape index (κ2) is 4.10. The summed E-state index contributed by atoms with van der Waals surface area (Å²) < 4.78 is 1.61. The van der Waals surface area contributed by atoms with Crippen molar-refractivity contribution in [1.29, 1.82) is 0 Å². The van der Waals surface area contributed by atoms with Gasteiger partial charge in [0.25, 0.3) is 5.91 Å². The highest BCUT2D eigenvalue weighted by atomic mass is 16.3. The van der Waals surface area contributed by atoms with Crippen LogP contribution in [0.4, 0.5) is 5.82 Å². The molecule has 1 rings (SSSR count). The van der Waals surface area contributed by atoms with Gasteiger partial charge >= 0.3 is 0 Å². The van der Waals surface area contributed by atoms with Crippen LogP contribution >= 0.6 is 0 Å². The zero-order chi connectivity index (χ0) is 10.7. The Kier molecular flexibility index (Phi) is 3.08. The summed E-state index contributed by atoms with van der Waals surface area (Å²) in [6.45, 7) is 1.88. The highest BCUT2D eigenvalue weighted by Crippen LogP contribution is 2.11. The zero-order valence-corrected chi connectivity index (χ0v) is 8.24. The summed E-state index contributed by atoms with van der Waals surface area (Å²) in [5.41, 5.74) is 5.89. The van der Waals surface area contributed by atoms with Gasteiger partial charge in [0.05, 0.1) is 6.61 Å². The quantitative estimate of drug-likeness (QED) is 0.582. The molecule has 0 aromatic carbocycles. The lowest BCUT2D eigenvalue weighted by Crippen LogP contribution is -2.28. The van der Waals surface area contributed by atoms with E-state index in [-0.39, 0.29) is 24.9 Å². The van der Waals surface area contributed by atoms with Crippen LogP contribution in [0.25, 0.3) is 0 Å². The molecule has 6 heteroatoms. The lowest BCUT2D eigenvalue weighted by Gasteiger charge is -2.04. The molecule has 14 heavy (non-hydrogen) atoms. The number of nitrogens with two attached hydrogens (primary N) is 1. The van der Waals surface area contributed by atoms with Gasteiger partial charge in [-0.25, -0.2) is 4.98 Å². The Labute approximate surface area is 81.7 Å². The summed E-state index contributed by atoms with van der Waals surface area (Å²) in [5.74, 6) is 0.566. The molecule has 78 valence electrons. The number of hydrogen-bond donors (Lipinski definition) is 3. The number of carbonyl (C=O) groups is 1. The van der Waals surface area contributed by atoms with Crippen LogP contribution in [0.3, 0.4) is 0 Å². The fraction of sp³-hybridized carbons (Fsp3) is 0.500. The van der Waals surface area contributed by atoms with E-state index in [0.717, 1.165) is 0 Å². The maximum atomic E-state index is 11.5. The van der Waals surface area contributed by atoms with Crippen LogP contribution in [0.5, 0.6) is 0 Å². The number of hydrogen-bond acceptors (Lipinski definition) is 4. The molecule has 1 amide bonds. The third kappa shape index (κ3) is 1.85. The summed E-state index contributed by atoms with van der Waals surface area (Å²) in [7, 11) is 1.71. The van der Waals surface area contributed by atoms with E-state index in [1.54, 1.807) is 18.5 Å². The highest BCUT2D eigenvalue weighted by Gasteiger charge is 2.16. The van der Waals surface area contributed by atoms with Gasteiger partial charge in [0.15, 0.2) is 11.5 Å². The van der Waals surface area contributed by atoms with Gasteiger partial charge in [0, 0.05) is 13.6 Å². The molecule has 0 unspecified atom stereocenters. The Bertz CT molecular complexity index is 345. The summed E-state index contributed by atoms with van der Waals surface area (Å²) in [5, 5.41) is 11.1. The van der Waals surface area contributed by atoms with Gasteiger partial charge in [-0.15, -0.1) is 0 Å². The molecule has 0 bridgehead atoms. The lowest BCUT2D eigenvalue weighted by molar-refractivity contribution is 0.0937. The molecule has 0 spiro atoms. The minimum Gasteiger partial charge on any atom is -0.395 e. The Hall–Kier alpha value is -1.56. The predicted molar refractivity (Wildman–Crippen MR) is 51.8 cm³/mol. The topological polar surface area (TPSA) is 93.2 Å². The summed E-state index contributed by atoms with van der Waals surface area (Å²) in [4.78, 5) is 15.5. The van der Waals surface area contributed by atoms with Crippen LogP contribution in [0, 0.1) is 6.92 Å². The summed E-state index contributed by atoms with van der Waals surface area (Å²) >= 11 is 0. The number of imidazole rings is 1. The van der Waals surface area contributed by atoms with E-state index >= 15 is 0 Å². The van der Waals surface area contributed by atoms with E-state index in [1.807, 2.05) is 0 Å². The SMILES string of the molecule is Cc1nc(N)c(C(=O)NCCO)n1C. The Morgan fingerprint density at radius 3 is 2.79 bits per heavy atom. The largest absolute Gasteiger partial charge is 0.395 e. The van der Waals surface area contributed by atoms with Gasteiger partial charge in [-0.3, -0.25) is 4.79 Å². The minimum atomic E-state index is -0.320. The van der Waals surface area contributed by atoms with Crippen LogP contribution in [0.2, 0.25) is 0 Å². The van der Waals surface area contributed by atoms with Crippen molar-refractivity contribution in [3.8, 4) is 0 Å². The van der Waals surface area contributed by atoms with Crippen LogP contribution in [0.15, 0.2) is 0 Å². The molecule has 0 saturated carbocycles. The molecule has 0 fully saturated rings. The number of carbonyl (C=O) groups excluding carboxylic acids is 1. The molecule has 1 aromatic heterocycles. The number of aliphatic hydroxyl groups is 1. The Balaban J connectivity index is 2.89. The monoisotopic (exact) mass is 198 g/mol. The van der Waals surface area contributed by atoms with Crippen molar-refractivity contribution in [2.24, 2.45) is 7.05 Å². The van der Waals surface area contributed by atoms with E-state index in [0.29, 0.717) is 11.5 Å². The Morgan fingerprint density at radius 1 is 1.71 bits per heavy atom.